The molecule has 0 bridgehead atoms. The fourth-order valence-corrected chi connectivity index (χ4v) is 1.96. The fourth-order valence-electron chi connectivity index (χ4n) is 1.96. The second kappa shape index (κ2) is 4.76. The Morgan fingerprint density at radius 2 is 2.56 bits per heavy atom. The van der Waals surface area contributed by atoms with Gasteiger partial charge in [0, 0.05) is 37.5 Å². The first-order valence-corrected chi connectivity index (χ1v) is 5.53. The van der Waals surface area contributed by atoms with Crippen LogP contribution in [0.4, 0.5) is 0 Å². The van der Waals surface area contributed by atoms with Crippen LogP contribution in [0.2, 0.25) is 0 Å². The number of nitrogens with zero attached hydrogens (tertiary/aromatic N) is 2. The summed E-state index contributed by atoms with van der Waals surface area (Å²) in [5.74, 6) is 0.354. The lowest BCUT2D eigenvalue weighted by Crippen LogP contribution is -2.38. The smallest absolute Gasteiger partial charge is 0.347 e. The third-order valence-electron chi connectivity index (χ3n) is 2.96. The van der Waals surface area contributed by atoms with Crippen LogP contribution in [0, 0.1) is 12.8 Å². The van der Waals surface area contributed by atoms with E-state index in [0.29, 0.717) is 19.1 Å². The van der Waals surface area contributed by atoms with Crippen molar-refractivity contribution < 1.29 is 4.74 Å². The van der Waals surface area contributed by atoms with Crippen molar-refractivity contribution in [1.82, 2.24) is 9.55 Å². The highest BCUT2D eigenvalue weighted by molar-refractivity contribution is 5.00. The van der Waals surface area contributed by atoms with Crippen LogP contribution in [0.5, 0.6) is 0 Å². The summed E-state index contributed by atoms with van der Waals surface area (Å²) in [5, 5.41) is 0. The van der Waals surface area contributed by atoms with Gasteiger partial charge in [-0.05, 0) is 18.9 Å². The summed E-state index contributed by atoms with van der Waals surface area (Å²) in [6.07, 6.45) is 4.35. The van der Waals surface area contributed by atoms with Gasteiger partial charge in [0.15, 0.2) is 0 Å². The van der Waals surface area contributed by atoms with Crippen molar-refractivity contribution in [3.63, 3.8) is 0 Å². The maximum atomic E-state index is 11.5. The molecule has 1 saturated heterocycles. The van der Waals surface area contributed by atoms with Crippen LogP contribution in [0.3, 0.4) is 0 Å². The monoisotopic (exact) mass is 223 g/mol. The van der Waals surface area contributed by atoms with Gasteiger partial charge in [0.25, 0.3) is 0 Å². The Kier molecular flexibility index (Phi) is 3.36. The SMILES string of the molecule is Cc1cnc(=O)n(CC(N)C2CCOC2)c1. The highest BCUT2D eigenvalue weighted by Gasteiger charge is 2.23. The molecule has 1 fully saturated rings. The van der Waals surface area contributed by atoms with Gasteiger partial charge in [0.05, 0.1) is 6.61 Å². The van der Waals surface area contributed by atoms with Crippen molar-refractivity contribution in [2.24, 2.45) is 11.7 Å². The zero-order valence-corrected chi connectivity index (χ0v) is 9.43. The molecule has 16 heavy (non-hydrogen) atoms. The van der Waals surface area contributed by atoms with Gasteiger partial charge < -0.3 is 10.5 Å². The van der Waals surface area contributed by atoms with E-state index in [-0.39, 0.29) is 11.7 Å². The lowest BCUT2D eigenvalue weighted by atomic mass is 10.00. The predicted octanol–water partition coefficient (Wildman–Crippen LogP) is -0.0845. The molecule has 88 valence electrons. The minimum Gasteiger partial charge on any atom is -0.381 e. The Morgan fingerprint density at radius 1 is 1.75 bits per heavy atom. The van der Waals surface area contributed by atoms with Crippen molar-refractivity contribution in [3.8, 4) is 0 Å². The van der Waals surface area contributed by atoms with Gasteiger partial charge in [-0.1, -0.05) is 0 Å². The molecule has 0 spiro atoms. The molecule has 0 saturated carbocycles. The standard InChI is InChI=1S/C11H17N3O2/c1-8-4-13-11(15)14(5-8)6-10(12)9-2-3-16-7-9/h4-5,9-10H,2-3,6-7,12H2,1H3. The zero-order chi connectivity index (χ0) is 11.5. The molecule has 1 aliphatic heterocycles. The number of nitrogens with two attached hydrogens (primary N) is 1. The number of ether oxygens (including phenoxy) is 1. The van der Waals surface area contributed by atoms with Crippen molar-refractivity contribution in [2.75, 3.05) is 13.2 Å². The van der Waals surface area contributed by atoms with Crippen molar-refractivity contribution in [3.05, 3.63) is 28.4 Å². The molecule has 5 nitrogen and oxygen atoms in total. The van der Waals surface area contributed by atoms with Gasteiger partial charge in [0.2, 0.25) is 0 Å². The maximum Gasteiger partial charge on any atom is 0.347 e. The highest BCUT2D eigenvalue weighted by Crippen LogP contribution is 2.16. The Bertz CT molecular complexity index is 410. The van der Waals surface area contributed by atoms with Gasteiger partial charge in [0.1, 0.15) is 0 Å². The van der Waals surface area contributed by atoms with Crippen LogP contribution in [-0.4, -0.2) is 28.8 Å². The van der Waals surface area contributed by atoms with Gasteiger partial charge in [-0.25, -0.2) is 9.78 Å². The van der Waals surface area contributed by atoms with Crippen LogP contribution < -0.4 is 11.4 Å². The van der Waals surface area contributed by atoms with Crippen LogP contribution in [-0.2, 0) is 11.3 Å². The number of aryl methyl sites for hydroxylation is 1. The number of aromatic nitrogens is 2. The molecule has 2 rings (SSSR count). The molecule has 0 radical (unpaired) electrons. The van der Waals surface area contributed by atoms with E-state index in [2.05, 4.69) is 4.98 Å². The second-order valence-corrected chi connectivity index (χ2v) is 4.35. The Balaban J connectivity index is 2.07. The molecule has 1 aromatic rings. The third-order valence-corrected chi connectivity index (χ3v) is 2.96. The summed E-state index contributed by atoms with van der Waals surface area (Å²) in [7, 11) is 0. The normalized spacial score (nSPS) is 22.2. The lowest BCUT2D eigenvalue weighted by molar-refractivity contribution is 0.178. The Morgan fingerprint density at radius 3 is 3.25 bits per heavy atom. The van der Waals surface area contributed by atoms with E-state index in [1.165, 1.54) is 0 Å². The van der Waals surface area contributed by atoms with E-state index in [1.54, 1.807) is 17.0 Å². The number of hydrogen-bond donors (Lipinski definition) is 1. The summed E-state index contributed by atoms with van der Waals surface area (Å²) in [5.41, 5.74) is 6.79. The molecule has 2 atom stereocenters. The first-order valence-electron chi connectivity index (χ1n) is 5.53. The lowest BCUT2D eigenvalue weighted by Gasteiger charge is -2.18. The van der Waals surface area contributed by atoms with Gasteiger partial charge in [-0.3, -0.25) is 4.57 Å². The van der Waals surface area contributed by atoms with E-state index in [0.717, 1.165) is 18.6 Å². The molecule has 1 aliphatic rings. The molecular formula is C11H17N3O2. The van der Waals surface area contributed by atoms with Crippen LogP contribution >= 0.6 is 0 Å². The van der Waals surface area contributed by atoms with Crippen LogP contribution in [0.25, 0.3) is 0 Å². The maximum absolute atomic E-state index is 11.5. The Labute approximate surface area is 94.2 Å². The number of rotatable bonds is 3. The number of hydrogen-bond acceptors (Lipinski definition) is 4. The summed E-state index contributed by atoms with van der Waals surface area (Å²) < 4.78 is 6.87. The van der Waals surface area contributed by atoms with E-state index in [4.69, 9.17) is 10.5 Å². The minimum absolute atomic E-state index is 0.0381. The summed E-state index contributed by atoms with van der Waals surface area (Å²) >= 11 is 0. The fraction of sp³-hybridized carbons (Fsp3) is 0.636. The molecule has 2 N–H and O–H groups in total. The summed E-state index contributed by atoms with van der Waals surface area (Å²) in [6.45, 7) is 3.91. The second-order valence-electron chi connectivity index (χ2n) is 4.35. The van der Waals surface area contributed by atoms with E-state index in [9.17, 15) is 4.79 Å². The minimum atomic E-state index is -0.236. The molecular weight excluding hydrogens is 206 g/mol. The van der Waals surface area contributed by atoms with Crippen molar-refractivity contribution >= 4 is 0 Å². The highest BCUT2D eigenvalue weighted by atomic mass is 16.5. The molecule has 0 amide bonds. The van der Waals surface area contributed by atoms with E-state index < -0.39 is 0 Å². The summed E-state index contributed by atoms with van der Waals surface area (Å²) in [4.78, 5) is 15.3. The average Bonchev–Trinajstić information content (AvgIpc) is 2.76. The third kappa shape index (κ3) is 2.48. The molecule has 5 heteroatoms. The van der Waals surface area contributed by atoms with Crippen molar-refractivity contribution in [1.29, 1.82) is 0 Å². The van der Waals surface area contributed by atoms with Crippen LogP contribution in [0.15, 0.2) is 17.2 Å². The van der Waals surface area contributed by atoms with Crippen LogP contribution in [0.1, 0.15) is 12.0 Å². The molecule has 2 unspecified atom stereocenters. The quantitative estimate of drug-likeness (QED) is 0.777. The predicted molar refractivity (Wildman–Crippen MR) is 60.1 cm³/mol. The van der Waals surface area contributed by atoms with Gasteiger partial charge in [-0.2, -0.15) is 0 Å². The van der Waals surface area contributed by atoms with E-state index in [1.807, 2.05) is 6.92 Å². The molecule has 0 aromatic carbocycles. The zero-order valence-electron chi connectivity index (χ0n) is 9.43. The summed E-state index contributed by atoms with van der Waals surface area (Å²) in [6, 6.07) is -0.0381. The van der Waals surface area contributed by atoms with E-state index >= 15 is 0 Å². The van der Waals surface area contributed by atoms with Gasteiger partial charge >= 0.3 is 5.69 Å². The molecule has 1 aromatic heterocycles. The largest absolute Gasteiger partial charge is 0.381 e. The molecule has 0 aliphatic carbocycles. The molecule has 2 heterocycles. The van der Waals surface area contributed by atoms with Crippen molar-refractivity contribution in [2.45, 2.75) is 25.9 Å². The first-order chi connectivity index (χ1) is 7.66. The average molecular weight is 223 g/mol. The Hall–Kier alpha value is -1.20. The first kappa shape index (κ1) is 11.3. The van der Waals surface area contributed by atoms with Gasteiger partial charge in [-0.15, -0.1) is 0 Å². The topological polar surface area (TPSA) is 70.1 Å².